The maximum absolute atomic E-state index is 13.2. The van der Waals surface area contributed by atoms with Gasteiger partial charge in [-0.25, -0.2) is 4.79 Å². The lowest BCUT2D eigenvalue weighted by molar-refractivity contribution is -0.138. The lowest BCUT2D eigenvalue weighted by atomic mass is 9.94. The molecule has 0 saturated carbocycles. The third-order valence-corrected chi connectivity index (χ3v) is 6.64. The Morgan fingerprint density at radius 3 is 2.14 bits per heavy atom. The summed E-state index contributed by atoms with van der Waals surface area (Å²) in [6, 6.07) is 15.7. The fourth-order valence-electron chi connectivity index (χ4n) is 4.82. The second-order valence-electron chi connectivity index (χ2n) is 9.44. The Hall–Kier alpha value is -3.35. The normalized spacial score (nSPS) is 14.8. The van der Waals surface area contributed by atoms with E-state index >= 15 is 0 Å². The lowest BCUT2D eigenvalue weighted by Gasteiger charge is -2.31. The van der Waals surface area contributed by atoms with E-state index < -0.39 is 29.6 Å². The number of carbonyl (C=O) groups is 3. The molecule has 0 spiro atoms. The fourth-order valence-corrected chi connectivity index (χ4v) is 4.82. The van der Waals surface area contributed by atoms with Crippen LogP contribution in [-0.4, -0.2) is 41.3 Å². The van der Waals surface area contributed by atoms with Crippen LogP contribution in [0, 0.1) is 0 Å². The summed E-state index contributed by atoms with van der Waals surface area (Å²) < 4.78 is 5.64. The van der Waals surface area contributed by atoms with Crippen LogP contribution in [0.25, 0.3) is 11.1 Å². The Kier molecular flexibility index (Phi) is 8.90. The summed E-state index contributed by atoms with van der Waals surface area (Å²) in [6.45, 7) is 5.75. The molecular formula is C28H36N2O5. The number of hydrogen-bond acceptors (Lipinski definition) is 4. The minimum absolute atomic E-state index is 0.0756. The number of rotatable bonds is 12. The fraction of sp³-hybridized carbons (Fsp3) is 0.464. The molecular weight excluding hydrogens is 444 g/mol. The molecule has 0 fully saturated rings. The Bertz CT molecular complexity index is 1010. The predicted molar refractivity (Wildman–Crippen MR) is 135 cm³/mol. The first-order chi connectivity index (χ1) is 16.8. The van der Waals surface area contributed by atoms with E-state index in [0.29, 0.717) is 19.3 Å². The molecule has 35 heavy (non-hydrogen) atoms. The number of fused-ring (bicyclic) bond motifs is 3. The monoisotopic (exact) mass is 480 g/mol. The van der Waals surface area contributed by atoms with E-state index in [0.717, 1.165) is 35.1 Å². The van der Waals surface area contributed by atoms with E-state index in [4.69, 9.17) is 4.74 Å². The Morgan fingerprint density at radius 2 is 1.60 bits per heavy atom. The molecule has 1 aliphatic carbocycles. The Balaban J connectivity index is 1.67. The van der Waals surface area contributed by atoms with Gasteiger partial charge in [0.2, 0.25) is 5.91 Å². The molecule has 2 atom stereocenters. The average molecular weight is 481 g/mol. The number of amides is 2. The van der Waals surface area contributed by atoms with Gasteiger partial charge in [-0.2, -0.15) is 0 Å². The summed E-state index contributed by atoms with van der Waals surface area (Å²) in [5.74, 6) is -1.43. The summed E-state index contributed by atoms with van der Waals surface area (Å²) in [5, 5.41) is 14.8. The van der Waals surface area contributed by atoms with E-state index in [2.05, 4.69) is 34.9 Å². The van der Waals surface area contributed by atoms with Gasteiger partial charge < -0.3 is 20.5 Å². The van der Waals surface area contributed by atoms with Gasteiger partial charge >= 0.3 is 12.1 Å². The molecule has 0 radical (unpaired) electrons. The van der Waals surface area contributed by atoms with Crippen molar-refractivity contribution in [3.05, 3.63) is 59.7 Å². The molecule has 2 aromatic carbocycles. The molecule has 1 aliphatic rings. The third-order valence-electron chi connectivity index (χ3n) is 6.64. The number of aliphatic carboxylic acids is 1. The first-order valence-electron chi connectivity index (χ1n) is 12.4. The van der Waals surface area contributed by atoms with Crippen LogP contribution in [-0.2, 0) is 14.3 Å². The molecule has 0 saturated heterocycles. The van der Waals surface area contributed by atoms with Crippen molar-refractivity contribution in [2.24, 2.45) is 0 Å². The highest BCUT2D eigenvalue weighted by Crippen LogP contribution is 2.44. The summed E-state index contributed by atoms with van der Waals surface area (Å²) >= 11 is 0. The second kappa shape index (κ2) is 11.9. The number of carbonyl (C=O) groups excluding carboxylic acids is 2. The largest absolute Gasteiger partial charge is 0.481 e. The lowest BCUT2D eigenvalue weighted by Crippen LogP contribution is -2.58. The zero-order valence-corrected chi connectivity index (χ0v) is 20.8. The first kappa shape index (κ1) is 26.3. The van der Waals surface area contributed by atoms with Gasteiger partial charge in [0, 0.05) is 12.0 Å². The Morgan fingerprint density at radius 1 is 1.00 bits per heavy atom. The molecule has 2 amide bonds. The highest BCUT2D eigenvalue weighted by atomic mass is 16.5. The zero-order chi connectivity index (χ0) is 25.4. The quantitative estimate of drug-likeness (QED) is 0.386. The van der Waals surface area contributed by atoms with E-state index in [1.807, 2.05) is 38.1 Å². The molecule has 0 heterocycles. The van der Waals surface area contributed by atoms with Gasteiger partial charge in [-0.1, -0.05) is 81.6 Å². The smallest absolute Gasteiger partial charge is 0.408 e. The number of carboxylic acid groups (broad SMARTS) is 1. The molecule has 0 aromatic heterocycles. The van der Waals surface area contributed by atoms with Gasteiger partial charge in [-0.3, -0.25) is 9.59 Å². The molecule has 2 unspecified atom stereocenters. The van der Waals surface area contributed by atoms with Crippen molar-refractivity contribution in [2.45, 2.75) is 76.8 Å². The van der Waals surface area contributed by atoms with Crippen molar-refractivity contribution < 1.29 is 24.2 Å². The summed E-state index contributed by atoms with van der Waals surface area (Å²) in [4.78, 5) is 37.3. The predicted octanol–water partition coefficient (Wildman–Crippen LogP) is 5.23. The molecule has 3 N–H and O–H groups in total. The van der Waals surface area contributed by atoms with Crippen molar-refractivity contribution in [3.8, 4) is 11.1 Å². The molecule has 7 heteroatoms. The number of nitrogens with one attached hydrogen (secondary N) is 2. The van der Waals surface area contributed by atoms with Gasteiger partial charge in [-0.15, -0.1) is 0 Å². The second-order valence-corrected chi connectivity index (χ2v) is 9.44. The van der Waals surface area contributed by atoms with Crippen molar-refractivity contribution in [1.29, 1.82) is 0 Å². The van der Waals surface area contributed by atoms with Crippen LogP contribution in [0.15, 0.2) is 48.5 Å². The van der Waals surface area contributed by atoms with Crippen LogP contribution in [0.1, 0.15) is 76.3 Å². The Labute approximate surface area is 207 Å². The minimum atomic E-state index is -1.21. The SMILES string of the molecule is CCCCC(CC(=O)O)NC(=O)C(C)(CCC)NC(=O)OCC1c2ccccc2-c2ccccc21. The topological polar surface area (TPSA) is 105 Å². The van der Waals surface area contributed by atoms with E-state index in [1.54, 1.807) is 6.92 Å². The molecule has 2 aromatic rings. The average Bonchev–Trinajstić information content (AvgIpc) is 3.14. The number of unbranched alkanes of at least 4 members (excludes halogenated alkanes) is 1. The zero-order valence-electron chi connectivity index (χ0n) is 20.8. The van der Waals surface area contributed by atoms with Gasteiger partial charge in [0.1, 0.15) is 12.1 Å². The van der Waals surface area contributed by atoms with Crippen LogP contribution >= 0.6 is 0 Å². The molecule has 0 bridgehead atoms. The van der Waals surface area contributed by atoms with Gasteiger partial charge in [0.15, 0.2) is 0 Å². The van der Waals surface area contributed by atoms with Gasteiger partial charge in [0.05, 0.1) is 6.42 Å². The van der Waals surface area contributed by atoms with Crippen LogP contribution < -0.4 is 10.6 Å². The van der Waals surface area contributed by atoms with E-state index in [-0.39, 0.29) is 18.9 Å². The number of alkyl carbamates (subject to hydrolysis) is 1. The van der Waals surface area contributed by atoms with Crippen molar-refractivity contribution >= 4 is 18.0 Å². The van der Waals surface area contributed by atoms with E-state index in [1.165, 1.54) is 0 Å². The van der Waals surface area contributed by atoms with Crippen molar-refractivity contribution in [3.63, 3.8) is 0 Å². The standard InChI is InChI=1S/C28H36N2O5/c1-4-6-11-19(17-25(31)32)29-26(33)28(3,16-5-2)30-27(34)35-18-24-22-14-9-7-12-20(22)21-13-8-10-15-23(21)24/h7-10,12-15,19,24H,4-6,11,16-18H2,1-3H3,(H,29,33)(H,30,34)(H,31,32). The summed E-state index contributed by atoms with van der Waals surface area (Å²) in [5.41, 5.74) is 3.30. The van der Waals surface area contributed by atoms with Crippen LogP contribution in [0.2, 0.25) is 0 Å². The van der Waals surface area contributed by atoms with Gasteiger partial charge in [-0.05, 0) is 42.0 Å². The summed E-state index contributed by atoms with van der Waals surface area (Å²) in [6.07, 6.45) is 2.52. The van der Waals surface area contributed by atoms with E-state index in [9.17, 15) is 19.5 Å². The van der Waals surface area contributed by atoms with Crippen LogP contribution in [0.4, 0.5) is 4.79 Å². The molecule has 7 nitrogen and oxygen atoms in total. The molecule has 3 rings (SSSR count). The maximum atomic E-state index is 13.2. The first-order valence-corrected chi connectivity index (χ1v) is 12.4. The number of ether oxygens (including phenoxy) is 1. The number of hydrogen-bond donors (Lipinski definition) is 3. The van der Waals surface area contributed by atoms with Gasteiger partial charge in [0.25, 0.3) is 0 Å². The highest BCUT2D eigenvalue weighted by molar-refractivity contribution is 5.90. The number of carboxylic acids is 1. The van der Waals surface area contributed by atoms with Crippen LogP contribution in [0.5, 0.6) is 0 Å². The highest BCUT2D eigenvalue weighted by Gasteiger charge is 2.37. The molecule has 188 valence electrons. The van der Waals surface area contributed by atoms with Crippen molar-refractivity contribution in [1.82, 2.24) is 10.6 Å². The third kappa shape index (κ3) is 6.41. The van der Waals surface area contributed by atoms with Crippen LogP contribution in [0.3, 0.4) is 0 Å². The van der Waals surface area contributed by atoms with Crippen molar-refractivity contribution in [2.75, 3.05) is 6.61 Å². The number of benzene rings is 2. The molecule has 0 aliphatic heterocycles. The maximum Gasteiger partial charge on any atom is 0.408 e. The minimum Gasteiger partial charge on any atom is -0.481 e. The summed E-state index contributed by atoms with van der Waals surface area (Å²) in [7, 11) is 0.